The van der Waals surface area contributed by atoms with Crippen LogP contribution in [-0.2, 0) is 6.54 Å². The van der Waals surface area contributed by atoms with Gasteiger partial charge in [-0.05, 0) is 45.4 Å². The smallest absolute Gasteiger partial charge is 0.321 e. The summed E-state index contributed by atoms with van der Waals surface area (Å²) in [5, 5.41) is 10.7. The molecule has 0 saturated carbocycles. The fourth-order valence-corrected chi connectivity index (χ4v) is 3.60. The minimum absolute atomic E-state index is 0.0689. The minimum atomic E-state index is -0.117. The zero-order valence-corrected chi connectivity index (χ0v) is 15.3. The fourth-order valence-electron chi connectivity index (χ4n) is 3.60. The van der Waals surface area contributed by atoms with Crippen LogP contribution in [0.4, 0.5) is 10.5 Å². The third-order valence-corrected chi connectivity index (χ3v) is 4.13. The molecule has 1 aliphatic rings. The van der Waals surface area contributed by atoms with E-state index < -0.39 is 0 Å². The quantitative estimate of drug-likeness (QED) is 0.898. The number of nitrogens with one attached hydrogen (secondary N) is 2. The zero-order valence-electron chi connectivity index (χ0n) is 15.3. The van der Waals surface area contributed by atoms with Crippen LogP contribution in [0.3, 0.4) is 0 Å². The van der Waals surface area contributed by atoms with Gasteiger partial charge in [-0.1, -0.05) is 12.1 Å². The van der Waals surface area contributed by atoms with Gasteiger partial charge in [0.1, 0.15) is 12.7 Å². The molecule has 0 unspecified atom stereocenters. The van der Waals surface area contributed by atoms with Crippen molar-refractivity contribution in [1.29, 1.82) is 0 Å². The summed E-state index contributed by atoms with van der Waals surface area (Å²) >= 11 is 0. The maximum atomic E-state index is 12.7. The van der Waals surface area contributed by atoms with E-state index in [1.807, 2.05) is 29.2 Å². The molecule has 1 fully saturated rings. The van der Waals surface area contributed by atoms with Crippen LogP contribution < -0.4 is 10.6 Å². The van der Waals surface area contributed by atoms with Crippen LogP contribution in [0.2, 0.25) is 0 Å². The summed E-state index contributed by atoms with van der Waals surface area (Å²) in [6.45, 7) is 10.4. The summed E-state index contributed by atoms with van der Waals surface area (Å²) in [4.78, 5) is 18.6. The fraction of sp³-hybridized carbons (Fsp3) is 0.500. The molecule has 7 heteroatoms. The molecule has 2 N–H and O–H groups in total. The van der Waals surface area contributed by atoms with Crippen molar-refractivity contribution in [3.8, 4) is 0 Å². The molecule has 0 aliphatic carbocycles. The average Bonchev–Trinajstić information content (AvgIpc) is 2.97. The molecule has 3 rings (SSSR count). The van der Waals surface area contributed by atoms with E-state index in [1.165, 1.54) is 6.33 Å². The number of piperazine rings is 1. The van der Waals surface area contributed by atoms with Gasteiger partial charge >= 0.3 is 6.03 Å². The van der Waals surface area contributed by atoms with Gasteiger partial charge in [-0.2, -0.15) is 5.10 Å². The Balaban J connectivity index is 1.68. The number of hydrogen-bond acceptors (Lipinski definition) is 4. The molecule has 0 atom stereocenters. The SMILES string of the molecule is CC1(C)CN(C(=O)Nc2cccc(Cn3cncn3)c2)CC(C)(C)N1. The molecule has 0 spiro atoms. The molecule has 1 aromatic carbocycles. The Morgan fingerprint density at radius 3 is 2.60 bits per heavy atom. The molecule has 2 heterocycles. The molecule has 1 aliphatic heterocycles. The summed E-state index contributed by atoms with van der Waals surface area (Å²) < 4.78 is 1.75. The van der Waals surface area contributed by atoms with E-state index in [0.717, 1.165) is 11.3 Å². The van der Waals surface area contributed by atoms with E-state index in [2.05, 4.69) is 48.4 Å². The van der Waals surface area contributed by atoms with Gasteiger partial charge in [0.15, 0.2) is 0 Å². The van der Waals surface area contributed by atoms with Crippen LogP contribution in [0, 0.1) is 0 Å². The maximum Gasteiger partial charge on any atom is 0.321 e. The predicted octanol–water partition coefficient (Wildman–Crippen LogP) is 2.32. The predicted molar refractivity (Wildman–Crippen MR) is 97.5 cm³/mol. The lowest BCUT2D eigenvalue weighted by atomic mass is 9.92. The number of hydrogen-bond donors (Lipinski definition) is 2. The van der Waals surface area contributed by atoms with Gasteiger partial charge in [0.05, 0.1) is 6.54 Å². The van der Waals surface area contributed by atoms with E-state index in [1.54, 1.807) is 11.0 Å². The van der Waals surface area contributed by atoms with Gasteiger partial charge in [0.2, 0.25) is 0 Å². The van der Waals surface area contributed by atoms with E-state index in [-0.39, 0.29) is 17.1 Å². The van der Waals surface area contributed by atoms with Crippen molar-refractivity contribution in [2.75, 3.05) is 18.4 Å². The standard InChI is InChI=1S/C18H26N6O/c1-17(2)10-23(11-18(3,4)22-17)16(25)21-15-7-5-6-14(8-15)9-24-13-19-12-20-24/h5-8,12-13,22H,9-11H2,1-4H3,(H,21,25). The Morgan fingerprint density at radius 2 is 1.96 bits per heavy atom. The first-order valence-electron chi connectivity index (χ1n) is 8.49. The number of rotatable bonds is 3. The highest BCUT2D eigenvalue weighted by molar-refractivity contribution is 5.89. The number of amides is 2. The molecule has 25 heavy (non-hydrogen) atoms. The Hall–Kier alpha value is -2.41. The first-order chi connectivity index (χ1) is 11.7. The number of nitrogens with zero attached hydrogens (tertiary/aromatic N) is 4. The molecular formula is C18H26N6O. The van der Waals surface area contributed by atoms with Gasteiger partial charge in [-0.25, -0.2) is 14.5 Å². The second-order valence-corrected chi connectivity index (χ2v) is 7.97. The number of anilines is 1. The Kier molecular flexibility index (Phi) is 4.51. The third kappa shape index (κ3) is 4.57. The van der Waals surface area contributed by atoms with Gasteiger partial charge in [0.25, 0.3) is 0 Å². The van der Waals surface area contributed by atoms with Crippen molar-refractivity contribution < 1.29 is 4.79 Å². The summed E-state index contributed by atoms with van der Waals surface area (Å²) in [5.74, 6) is 0. The molecule has 0 radical (unpaired) electrons. The molecule has 2 aromatic rings. The van der Waals surface area contributed by atoms with Crippen molar-refractivity contribution in [2.45, 2.75) is 45.3 Å². The van der Waals surface area contributed by atoms with Crippen molar-refractivity contribution in [3.63, 3.8) is 0 Å². The van der Waals surface area contributed by atoms with Crippen molar-refractivity contribution in [1.82, 2.24) is 25.0 Å². The van der Waals surface area contributed by atoms with Gasteiger partial charge in [0, 0.05) is 29.9 Å². The second kappa shape index (κ2) is 6.48. The molecule has 134 valence electrons. The summed E-state index contributed by atoms with van der Waals surface area (Å²) in [7, 11) is 0. The van der Waals surface area contributed by atoms with Crippen LogP contribution in [-0.4, -0.2) is 49.9 Å². The first-order valence-corrected chi connectivity index (χ1v) is 8.49. The minimum Gasteiger partial charge on any atom is -0.321 e. The van der Waals surface area contributed by atoms with Crippen LogP contribution in [0.1, 0.15) is 33.3 Å². The highest BCUT2D eigenvalue weighted by Gasteiger charge is 2.38. The molecule has 2 amide bonds. The van der Waals surface area contributed by atoms with Crippen molar-refractivity contribution in [2.24, 2.45) is 0 Å². The van der Waals surface area contributed by atoms with Crippen LogP contribution in [0.15, 0.2) is 36.9 Å². The monoisotopic (exact) mass is 342 g/mol. The maximum absolute atomic E-state index is 12.7. The zero-order chi connectivity index (χ0) is 18.1. The van der Waals surface area contributed by atoms with E-state index in [4.69, 9.17) is 0 Å². The third-order valence-electron chi connectivity index (χ3n) is 4.13. The van der Waals surface area contributed by atoms with Crippen LogP contribution in [0.25, 0.3) is 0 Å². The Labute approximate surface area is 148 Å². The number of aromatic nitrogens is 3. The molecule has 1 saturated heterocycles. The number of carbonyl (C=O) groups excluding carboxylic acids is 1. The number of carbonyl (C=O) groups is 1. The molecule has 1 aromatic heterocycles. The average molecular weight is 342 g/mol. The van der Waals surface area contributed by atoms with E-state index >= 15 is 0 Å². The number of urea groups is 1. The largest absolute Gasteiger partial charge is 0.321 e. The highest BCUT2D eigenvalue weighted by Crippen LogP contribution is 2.22. The first kappa shape index (κ1) is 17.4. The normalized spacial score (nSPS) is 18.8. The lowest BCUT2D eigenvalue weighted by Gasteiger charge is -2.48. The van der Waals surface area contributed by atoms with E-state index in [0.29, 0.717) is 19.6 Å². The van der Waals surface area contributed by atoms with Crippen LogP contribution in [0.5, 0.6) is 0 Å². The van der Waals surface area contributed by atoms with Gasteiger partial charge in [-0.15, -0.1) is 0 Å². The van der Waals surface area contributed by atoms with Gasteiger partial charge < -0.3 is 15.5 Å². The molecule has 0 bridgehead atoms. The topological polar surface area (TPSA) is 75.1 Å². The Bertz CT molecular complexity index is 722. The summed E-state index contributed by atoms with van der Waals surface area (Å²) in [6, 6.07) is 7.75. The Morgan fingerprint density at radius 1 is 1.24 bits per heavy atom. The highest BCUT2D eigenvalue weighted by atomic mass is 16.2. The van der Waals surface area contributed by atoms with Crippen molar-refractivity contribution >= 4 is 11.7 Å². The van der Waals surface area contributed by atoms with Crippen LogP contribution >= 0.6 is 0 Å². The van der Waals surface area contributed by atoms with Gasteiger partial charge in [-0.3, -0.25) is 0 Å². The number of benzene rings is 1. The summed E-state index contributed by atoms with van der Waals surface area (Å²) in [6.07, 6.45) is 3.19. The van der Waals surface area contributed by atoms with Crippen molar-refractivity contribution in [3.05, 3.63) is 42.5 Å². The van der Waals surface area contributed by atoms with E-state index in [9.17, 15) is 4.79 Å². The molecule has 7 nitrogen and oxygen atoms in total. The lowest BCUT2D eigenvalue weighted by Crippen LogP contribution is -2.68. The lowest BCUT2D eigenvalue weighted by molar-refractivity contribution is 0.102. The second-order valence-electron chi connectivity index (χ2n) is 7.97. The summed E-state index contributed by atoms with van der Waals surface area (Å²) in [5.41, 5.74) is 1.61. The molecular weight excluding hydrogens is 316 g/mol.